The molecule has 3 rings (SSSR count). The van der Waals surface area contributed by atoms with Crippen LogP contribution in [0.15, 0.2) is 72.9 Å². The van der Waals surface area contributed by atoms with Crippen LogP contribution in [0, 0.1) is 0 Å². The molecule has 0 radical (unpaired) electrons. The Kier molecular flexibility index (Phi) is 4.87. The minimum Gasteiger partial charge on any atom is -0.353 e. The van der Waals surface area contributed by atoms with Crippen LogP contribution < -0.4 is 5.32 Å². The fourth-order valence-electron chi connectivity index (χ4n) is 2.43. The number of hydrogen-bond acceptors (Lipinski definition) is 2. The topological polar surface area (TPSA) is 46.9 Å². The van der Waals surface area contributed by atoms with Gasteiger partial charge in [0.2, 0.25) is 5.91 Å². The summed E-state index contributed by atoms with van der Waals surface area (Å²) in [5, 5.41) is 7.50. The van der Waals surface area contributed by atoms with Crippen molar-refractivity contribution in [1.29, 1.82) is 0 Å². The maximum absolute atomic E-state index is 11.0. The van der Waals surface area contributed by atoms with E-state index in [1.807, 2.05) is 83.7 Å². The summed E-state index contributed by atoms with van der Waals surface area (Å²) in [6.45, 7) is 2.01. The summed E-state index contributed by atoms with van der Waals surface area (Å²) in [6, 6.07) is 20.1. The summed E-state index contributed by atoms with van der Waals surface area (Å²) in [6.07, 6.45) is 5.92. The number of aromatic nitrogens is 2. The molecule has 0 aliphatic rings. The first kappa shape index (κ1) is 15.7. The van der Waals surface area contributed by atoms with Crippen molar-refractivity contribution in [2.24, 2.45) is 0 Å². The number of hydrogen-bond donors (Lipinski definition) is 1. The normalized spacial score (nSPS) is 10.9. The Labute approximate surface area is 141 Å². The van der Waals surface area contributed by atoms with Crippen molar-refractivity contribution < 1.29 is 4.79 Å². The zero-order valence-electron chi connectivity index (χ0n) is 13.5. The zero-order chi connectivity index (χ0) is 16.8. The molecular weight excluding hydrogens is 298 g/mol. The molecule has 0 aliphatic heterocycles. The SMILES string of the molecule is CC(=O)NCC=Cc1cn(-c2ccccc2)nc1-c1ccccc1. The van der Waals surface area contributed by atoms with E-state index < -0.39 is 0 Å². The van der Waals surface area contributed by atoms with Crippen molar-refractivity contribution in [2.75, 3.05) is 6.54 Å². The van der Waals surface area contributed by atoms with Gasteiger partial charge in [-0.2, -0.15) is 5.10 Å². The van der Waals surface area contributed by atoms with E-state index >= 15 is 0 Å². The average molecular weight is 317 g/mol. The van der Waals surface area contributed by atoms with Gasteiger partial charge in [0, 0.05) is 30.8 Å². The lowest BCUT2D eigenvalue weighted by Gasteiger charge is -2.00. The summed E-state index contributed by atoms with van der Waals surface area (Å²) < 4.78 is 1.88. The Morgan fingerprint density at radius 1 is 1.08 bits per heavy atom. The predicted octanol–water partition coefficient (Wildman–Crippen LogP) is 3.69. The number of carbonyl (C=O) groups is 1. The van der Waals surface area contributed by atoms with Gasteiger partial charge in [0.15, 0.2) is 0 Å². The van der Waals surface area contributed by atoms with Gasteiger partial charge in [0.1, 0.15) is 0 Å². The molecule has 120 valence electrons. The monoisotopic (exact) mass is 317 g/mol. The van der Waals surface area contributed by atoms with Crippen LogP contribution in [0.3, 0.4) is 0 Å². The summed E-state index contributed by atoms with van der Waals surface area (Å²) in [4.78, 5) is 11.0. The molecule has 0 saturated carbocycles. The number of para-hydroxylation sites is 1. The Balaban J connectivity index is 1.96. The maximum atomic E-state index is 11.0. The minimum absolute atomic E-state index is 0.0390. The highest BCUT2D eigenvalue weighted by molar-refractivity contribution is 5.74. The van der Waals surface area contributed by atoms with Gasteiger partial charge in [-0.1, -0.05) is 60.7 Å². The molecule has 24 heavy (non-hydrogen) atoms. The lowest BCUT2D eigenvalue weighted by atomic mass is 10.1. The van der Waals surface area contributed by atoms with Crippen molar-refractivity contribution in [3.63, 3.8) is 0 Å². The predicted molar refractivity (Wildman–Crippen MR) is 96.7 cm³/mol. The van der Waals surface area contributed by atoms with Gasteiger partial charge in [-0.25, -0.2) is 4.68 Å². The molecule has 1 amide bonds. The van der Waals surface area contributed by atoms with Crippen LogP contribution in [0.2, 0.25) is 0 Å². The molecule has 0 spiro atoms. The fourth-order valence-corrected chi connectivity index (χ4v) is 2.43. The van der Waals surface area contributed by atoms with Crippen molar-refractivity contribution >= 4 is 12.0 Å². The molecular formula is C20H19N3O. The molecule has 1 heterocycles. The zero-order valence-corrected chi connectivity index (χ0v) is 13.5. The highest BCUT2D eigenvalue weighted by Crippen LogP contribution is 2.24. The standard InChI is InChI=1S/C20H19N3O/c1-16(24)21-14-8-11-18-15-23(19-12-6-3-7-13-19)22-20(18)17-9-4-2-5-10-17/h2-13,15H,14H2,1H3,(H,21,24). The van der Waals surface area contributed by atoms with E-state index in [9.17, 15) is 4.79 Å². The van der Waals surface area contributed by atoms with Crippen LogP contribution in [0.5, 0.6) is 0 Å². The van der Waals surface area contributed by atoms with Crippen LogP contribution in [0.4, 0.5) is 0 Å². The first-order chi connectivity index (χ1) is 11.7. The Bertz CT molecular complexity index is 836. The van der Waals surface area contributed by atoms with Gasteiger partial charge in [-0.05, 0) is 12.1 Å². The first-order valence-corrected chi connectivity index (χ1v) is 7.85. The molecule has 0 bridgehead atoms. The molecule has 4 heteroatoms. The summed E-state index contributed by atoms with van der Waals surface area (Å²) in [7, 11) is 0. The Morgan fingerprint density at radius 3 is 2.42 bits per heavy atom. The van der Waals surface area contributed by atoms with Crippen molar-refractivity contribution in [3.05, 3.63) is 78.5 Å². The van der Waals surface area contributed by atoms with E-state index in [1.165, 1.54) is 6.92 Å². The van der Waals surface area contributed by atoms with Gasteiger partial charge in [-0.15, -0.1) is 0 Å². The summed E-state index contributed by atoms with van der Waals surface area (Å²) in [5.74, 6) is -0.0390. The van der Waals surface area contributed by atoms with Gasteiger partial charge in [-0.3, -0.25) is 4.79 Å². The number of amides is 1. The average Bonchev–Trinajstić information content (AvgIpc) is 3.04. The van der Waals surface area contributed by atoms with Crippen LogP contribution in [0.25, 0.3) is 23.0 Å². The van der Waals surface area contributed by atoms with E-state index in [0.717, 1.165) is 22.5 Å². The first-order valence-electron chi connectivity index (χ1n) is 7.85. The van der Waals surface area contributed by atoms with E-state index in [0.29, 0.717) is 6.54 Å². The van der Waals surface area contributed by atoms with Crippen LogP contribution >= 0.6 is 0 Å². The molecule has 0 fully saturated rings. The van der Waals surface area contributed by atoms with Gasteiger partial charge in [0.25, 0.3) is 0 Å². The fraction of sp³-hybridized carbons (Fsp3) is 0.100. The molecule has 0 unspecified atom stereocenters. The van der Waals surface area contributed by atoms with Gasteiger partial charge >= 0.3 is 0 Å². The van der Waals surface area contributed by atoms with Crippen molar-refractivity contribution in [2.45, 2.75) is 6.92 Å². The molecule has 3 aromatic rings. The minimum atomic E-state index is -0.0390. The number of nitrogens with one attached hydrogen (secondary N) is 1. The van der Waals surface area contributed by atoms with Crippen molar-refractivity contribution in [3.8, 4) is 16.9 Å². The Morgan fingerprint density at radius 2 is 1.75 bits per heavy atom. The highest BCUT2D eigenvalue weighted by Gasteiger charge is 2.09. The van der Waals surface area contributed by atoms with Gasteiger partial charge < -0.3 is 5.32 Å². The smallest absolute Gasteiger partial charge is 0.217 e. The lowest BCUT2D eigenvalue weighted by molar-refractivity contribution is -0.118. The van der Waals surface area contributed by atoms with E-state index in [-0.39, 0.29) is 5.91 Å². The molecule has 0 atom stereocenters. The summed E-state index contributed by atoms with van der Waals surface area (Å²) in [5.41, 5.74) is 4.00. The second-order valence-electron chi connectivity index (χ2n) is 5.42. The van der Waals surface area contributed by atoms with Crippen LogP contribution in [-0.2, 0) is 4.79 Å². The van der Waals surface area contributed by atoms with E-state index in [4.69, 9.17) is 5.10 Å². The molecule has 0 aliphatic carbocycles. The molecule has 1 aromatic heterocycles. The number of nitrogens with zero attached hydrogens (tertiary/aromatic N) is 2. The maximum Gasteiger partial charge on any atom is 0.217 e. The van der Waals surface area contributed by atoms with Crippen LogP contribution in [-0.4, -0.2) is 22.2 Å². The van der Waals surface area contributed by atoms with Crippen molar-refractivity contribution in [1.82, 2.24) is 15.1 Å². The largest absolute Gasteiger partial charge is 0.353 e. The quantitative estimate of drug-likeness (QED) is 0.780. The van der Waals surface area contributed by atoms with E-state index in [2.05, 4.69) is 5.32 Å². The molecule has 4 nitrogen and oxygen atoms in total. The van der Waals surface area contributed by atoms with E-state index in [1.54, 1.807) is 0 Å². The lowest BCUT2D eigenvalue weighted by Crippen LogP contribution is -2.19. The third kappa shape index (κ3) is 3.79. The second kappa shape index (κ2) is 7.42. The summed E-state index contributed by atoms with van der Waals surface area (Å²) >= 11 is 0. The van der Waals surface area contributed by atoms with Gasteiger partial charge in [0.05, 0.1) is 11.4 Å². The Hall–Kier alpha value is -3.14. The van der Waals surface area contributed by atoms with Crippen LogP contribution in [0.1, 0.15) is 12.5 Å². The second-order valence-corrected chi connectivity index (χ2v) is 5.42. The third-order valence-electron chi connectivity index (χ3n) is 3.58. The number of carbonyl (C=O) groups excluding carboxylic acids is 1. The molecule has 1 N–H and O–H groups in total. The highest BCUT2D eigenvalue weighted by atomic mass is 16.1. The molecule has 2 aromatic carbocycles. The number of benzene rings is 2. The third-order valence-corrected chi connectivity index (χ3v) is 3.58. The molecule has 0 saturated heterocycles. The number of rotatable bonds is 5.